The molecule has 1 heterocycles. The van der Waals surface area contributed by atoms with Crippen LogP contribution in [0.1, 0.15) is 24.4 Å². The summed E-state index contributed by atoms with van der Waals surface area (Å²) in [4.78, 5) is 0. The topological polar surface area (TPSA) is 64.7 Å². The fourth-order valence-corrected chi connectivity index (χ4v) is 1.58. The average Bonchev–Trinajstić information content (AvgIpc) is 2.88. The van der Waals surface area contributed by atoms with Crippen molar-refractivity contribution in [1.82, 2.24) is 5.16 Å². The van der Waals surface area contributed by atoms with Crippen molar-refractivity contribution in [1.29, 1.82) is 0 Å². The summed E-state index contributed by atoms with van der Waals surface area (Å²) in [7, 11) is 1.58. The maximum absolute atomic E-state index is 9.67. The molecule has 0 bridgehead atoms. The van der Waals surface area contributed by atoms with Gasteiger partial charge in [0, 0.05) is 17.7 Å². The van der Waals surface area contributed by atoms with E-state index in [-0.39, 0.29) is 6.61 Å². The third-order valence-corrected chi connectivity index (χ3v) is 2.53. The van der Waals surface area contributed by atoms with Gasteiger partial charge in [-0.2, -0.15) is 0 Å². The zero-order valence-corrected chi connectivity index (χ0v) is 10.3. The van der Waals surface area contributed by atoms with Gasteiger partial charge in [-0.1, -0.05) is 5.16 Å². The van der Waals surface area contributed by atoms with E-state index in [9.17, 15) is 5.11 Å². The molecule has 1 atom stereocenters. The molecule has 0 fully saturated rings. The quantitative estimate of drug-likeness (QED) is 0.880. The normalized spacial score (nSPS) is 12.2. The van der Waals surface area contributed by atoms with E-state index in [1.807, 2.05) is 0 Å². The van der Waals surface area contributed by atoms with Crippen molar-refractivity contribution in [3.8, 4) is 11.5 Å². The first-order valence-corrected chi connectivity index (χ1v) is 5.59. The van der Waals surface area contributed by atoms with E-state index < -0.39 is 6.10 Å². The van der Waals surface area contributed by atoms with E-state index in [0.29, 0.717) is 22.8 Å². The van der Waals surface area contributed by atoms with Crippen LogP contribution in [0.3, 0.4) is 0 Å². The molecule has 0 saturated heterocycles. The molecule has 0 aliphatic rings. The lowest BCUT2D eigenvalue weighted by molar-refractivity contribution is 0.186. The minimum atomic E-state index is -0.611. The molecule has 1 aromatic heterocycles. The number of methoxy groups -OCH3 is 1. The highest BCUT2D eigenvalue weighted by atomic mass is 16.5. The second-order valence-corrected chi connectivity index (χ2v) is 3.85. The third kappa shape index (κ3) is 2.81. The highest BCUT2D eigenvalue weighted by Crippen LogP contribution is 2.30. The monoisotopic (exact) mass is 249 g/mol. The van der Waals surface area contributed by atoms with E-state index in [0.717, 1.165) is 0 Å². The molecular formula is C13H15NO4. The number of hydrogen-bond acceptors (Lipinski definition) is 5. The molecule has 0 aliphatic heterocycles. The minimum Gasteiger partial charge on any atom is -0.497 e. The Morgan fingerprint density at radius 3 is 2.83 bits per heavy atom. The number of benzene rings is 1. The molecule has 0 aliphatic carbocycles. The Kier molecular flexibility index (Phi) is 3.84. The van der Waals surface area contributed by atoms with Gasteiger partial charge >= 0.3 is 0 Å². The lowest BCUT2D eigenvalue weighted by Gasteiger charge is -2.13. The van der Waals surface area contributed by atoms with Crippen LogP contribution in [0, 0.1) is 0 Å². The Bertz CT molecular complexity index is 494. The number of aromatic nitrogens is 1. The summed E-state index contributed by atoms with van der Waals surface area (Å²) in [6.45, 7) is 1.94. The molecule has 5 nitrogen and oxygen atoms in total. The van der Waals surface area contributed by atoms with Crippen LogP contribution >= 0.6 is 0 Å². The minimum absolute atomic E-state index is 0.257. The second kappa shape index (κ2) is 5.55. The van der Waals surface area contributed by atoms with Crippen molar-refractivity contribution in [2.75, 3.05) is 7.11 Å². The number of aliphatic hydroxyl groups is 1. The smallest absolute Gasteiger partial charge is 0.174 e. The summed E-state index contributed by atoms with van der Waals surface area (Å²) in [5.41, 5.74) is 0.704. The molecule has 0 saturated carbocycles. The van der Waals surface area contributed by atoms with Gasteiger partial charge < -0.3 is 19.1 Å². The predicted molar refractivity (Wildman–Crippen MR) is 64.5 cm³/mol. The molecule has 5 heteroatoms. The fourth-order valence-electron chi connectivity index (χ4n) is 1.58. The standard InChI is InChI=1S/C13H15NO4/c1-9(15)12-4-3-10(16-2)7-13(12)17-8-11-5-6-14-18-11/h3-7,9,15H,8H2,1-2H3. The van der Waals surface area contributed by atoms with Crippen LogP contribution in [0.4, 0.5) is 0 Å². The Morgan fingerprint density at radius 2 is 2.22 bits per heavy atom. The second-order valence-electron chi connectivity index (χ2n) is 3.85. The van der Waals surface area contributed by atoms with Crippen LogP contribution in [0.25, 0.3) is 0 Å². The summed E-state index contributed by atoms with van der Waals surface area (Å²) in [5, 5.41) is 13.3. The van der Waals surface area contributed by atoms with Crippen molar-refractivity contribution < 1.29 is 19.1 Å². The molecule has 0 amide bonds. The van der Waals surface area contributed by atoms with Gasteiger partial charge in [-0.3, -0.25) is 0 Å². The van der Waals surface area contributed by atoms with Gasteiger partial charge in [-0.15, -0.1) is 0 Å². The van der Waals surface area contributed by atoms with Crippen molar-refractivity contribution in [3.05, 3.63) is 41.8 Å². The number of nitrogens with zero attached hydrogens (tertiary/aromatic N) is 1. The van der Waals surface area contributed by atoms with E-state index in [4.69, 9.17) is 14.0 Å². The largest absolute Gasteiger partial charge is 0.497 e. The maximum Gasteiger partial charge on any atom is 0.174 e. The van der Waals surface area contributed by atoms with Crippen molar-refractivity contribution in [2.24, 2.45) is 0 Å². The zero-order chi connectivity index (χ0) is 13.0. The number of ether oxygens (including phenoxy) is 2. The average molecular weight is 249 g/mol. The van der Waals surface area contributed by atoms with Crippen LogP contribution in [0.15, 0.2) is 35.0 Å². The molecule has 1 unspecified atom stereocenters. The molecule has 2 rings (SSSR count). The lowest BCUT2D eigenvalue weighted by Crippen LogP contribution is -2.01. The zero-order valence-electron chi connectivity index (χ0n) is 10.3. The Balaban J connectivity index is 2.18. The van der Waals surface area contributed by atoms with E-state index in [1.165, 1.54) is 0 Å². The highest BCUT2D eigenvalue weighted by Gasteiger charge is 2.11. The molecule has 96 valence electrons. The molecule has 2 aromatic rings. The van der Waals surface area contributed by atoms with Gasteiger partial charge in [0.15, 0.2) is 5.76 Å². The number of hydrogen-bond donors (Lipinski definition) is 1. The van der Waals surface area contributed by atoms with Gasteiger partial charge in [-0.25, -0.2) is 0 Å². The summed E-state index contributed by atoms with van der Waals surface area (Å²) < 4.78 is 15.7. The molecule has 1 aromatic carbocycles. The first-order chi connectivity index (χ1) is 8.70. The van der Waals surface area contributed by atoms with E-state index in [1.54, 1.807) is 44.5 Å². The summed E-state index contributed by atoms with van der Waals surface area (Å²) in [6, 6.07) is 7.02. The van der Waals surface area contributed by atoms with E-state index in [2.05, 4.69) is 5.16 Å². The van der Waals surface area contributed by atoms with Crippen molar-refractivity contribution >= 4 is 0 Å². The first kappa shape index (κ1) is 12.4. The van der Waals surface area contributed by atoms with E-state index >= 15 is 0 Å². The van der Waals surface area contributed by atoms with Crippen LogP contribution < -0.4 is 9.47 Å². The summed E-state index contributed by atoms with van der Waals surface area (Å²) >= 11 is 0. The maximum atomic E-state index is 9.67. The van der Waals surface area contributed by atoms with Gasteiger partial charge in [0.1, 0.15) is 18.1 Å². The van der Waals surface area contributed by atoms with Gasteiger partial charge in [0.25, 0.3) is 0 Å². The summed E-state index contributed by atoms with van der Waals surface area (Å²) in [5.74, 6) is 1.86. The Labute approximate surface area is 105 Å². The van der Waals surface area contributed by atoms with Crippen LogP contribution in [-0.4, -0.2) is 17.4 Å². The first-order valence-electron chi connectivity index (χ1n) is 5.59. The number of aliphatic hydroxyl groups excluding tert-OH is 1. The van der Waals surface area contributed by atoms with Gasteiger partial charge in [0.05, 0.1) is 19.4 Å². The van der Waals surface area contributed by atoms with Gasteiger partial charge in [0.2, 0.25) is 0 Å². The van der Waals surface area contributed by atoms with Crippen molar-refractivity contribution in [3.63, 3.8) is 0 Å². The molecule has 0 spiro atoms. The van der Waals surface area contributed by atoms with Gasteiger partial charge in [-0.05, 0) is 19.1 Å². The Hall–Kier alpha value is -2.01. The fraction of sp³-hybridized carbons (Fsp3) is 0.308. The van der Waals surface area contributed by atoms with Crippen molar-refractivity contribution in [2.45, 2.75) is 19.6 Å². The van der Waals surface area contributed by atoms with Crippen LogP contribution in [0.5, 0.6) is 11.5 Å². The highest BCUT2D eigenvalue weighted by molar-refractivity contribution is 5.41. The number of rotatable bonds is 5. The predicted octanol–water partition coefficient (Wildman–Crippen LogP) is 2.32. The lowest BCUT2D eigenvalue weighted by atomic mass is 10.1. The van der Waals surface area contributed by atoms with Crippen LogP contribution in [-0.2, 0) is 6.61 Å². The molecule has 0 radical (unpaired) electrons. The summed E-state index contributed by atoms with van der Waals surface area (Å²) in [6.07, 6.45) is 0.945. The molecular weight excluding hydrogens is 234 g/mol. The Morgan fingerprint density at radius 1 is 1.39 bits per heavy atom. The molecule has 18 heavy (non-hydrogen) atoms. The SMILES string of the molecule is COc1ccc(C(C)O)c(OCc2ccno2)c1. The van der Waals surface area contributed by atoms with Crippen LogP contribution in [0.2, 0.25) is 0 Å². The third-order valence-electron chi connectivity index (χ3n) is 2.53. The molecule has 1 N–H and O–H groups in total.